The molecule has 0 atom stereocenters. The van der Waals surface area contributed by atoms with Crippen molar-refractivity contribution in [3.05, 3.63) is 42.5 Å². The van der Waals surface area contributed by atoms with Crippen molar-refractivity contribution in [2.24, 2.45) is 5.92 Å². The molecule has 1 heterocycles. The van der Waals surface area contributed by atoms with E-state index in [0.717, 1.165) is 19.4 Å². The second-order valence-electron chi connectivity index (χ2n) is 6.31. The molecule has 1 aromatic heterocycles. The molecule has 6 heteroatoms. The molecular weight excluding hydrogens is 318 g/mol. The van der Waals surface area contributed by atoms with Crippen LogP contribution in [0.3, 0.4) is 0 Å². The van der Waals surface area contributed by atoms with Gasteiger partial charge in [0.05, 0.1) is 20.0 Å². The zero-order valence-electron chi connectivity index (χ0n) is 15.2. The summed E-state index contributed by atoms with van der Waals surface area (Å²) in [5.41, 5.74) is 0.565. The van der Waals surface area contributed by atoms with Gasteiger partial charge in [0.2, 0.25) is 0 Å². The van der Waals surface area contributed by atoms with E-state index in [-0.39, 0.29) is 5.91 Å². The lowest BCUT2D eigenvalue weighted by atomic mass is 10.1. The van der Waals surface area contributed by atoms with Gasteiger partial charge in [-0.15, -0.1) is 0 Å². The molecule has 1 amide bonds. The fourth-order valence-electron chi connectivity index (χ4n) is 2.32. The highest BCUT2D eigenvalue weighted by Crippen LogP contribution is 2.28. The van der Waals surface area contributed by atoms with Crippen molar-refractivity contribution in [3.8, 4) is 11.5 Å². The van der Waals surface area contributed by atoms with Gasteiger partial charge >= 0.3 is 0 Å². The first-order valence-electron chi connectivity index (χ1n) is 8.65. The summed E-state index contributed by atoms with van der Waals surface area (Å²) < 4.78 is 13.1. The van der Waals surface area contributed by atoms with Crippen molar-refractivity contribution in [3.63, 3.8) is 0 Å². The first kappa shape index (κ1) is 18.8. The second kappa shape index (κ2) is 9.71. The molecule has 0 bridgehead atoms. The fraction of sp³-hybridized carbons (Fsp3) is 0.474. The molecule has 2 aromatic rings. The van der Waals surface area contributed by atoms with E-state index in [4.69, 9.17) is 9.47 Å². The molecule has 136 valence electrons. The van der Waals surface area contributed by atoms with Gasteiger partial charge in [-0.1, -0.05) is 13.8 Å². The number of methoxy groups -OCH3 is 1. The average Bonchev–Trinajstić information content (AvgIpc) is 3.12. The Morgan fingerprint density at radius 3 is 2.84 bits per heavy atom. The summed E-state index contributed by atoms with van der Waals surface area (Å²) in [6.45, 7) is 6.37. The maximum atomic E-state index is 12.3. The number of hydrogen-bond donors (Lipinski definition) is 1. The largest absolute Gasteiger partial charge is 0.493 e. The van der Waals surface area contributed by atoms with Gasteiger partial charge in [-0.25, -0.2) is 4.98 Å². The number of aryl methyl sites for hydroxylation is 1. The van der Waals surface area contributed by atoms with Crippen LogP contribution in [0.15, 0.2) is 36.9 Å². The van der Waals surface area contributed by atoms with E-state index >= 15 is 0 Å². The van der Waals surface area contributed by atoms with Gasteiger partial charge in [0, 0.05) is 31.0 Å². The van der Waals surface area contributed by atoms with Crippen LogP contribution in [-0.4, -0.2) is 35.7 Å². The van der Waals surface area contributed by atoms with Crippen LogP contribution in [0.1, 0.15) is 37.0 Å². The third kappa shape index (κ3) is 6.14. The number of carbonyl (C=O) groups excluding carboxylic acids is 1. The highest BCUT2D eigenvalue weighted by Gasteiger charge is 2.11. The summed E-state index contributed by atoms with van der Waals surface area (Å²) in [6, 6.07) is 5.27. The van der Waals surface area contributed by atoms with Gasteiger partial charge in [-0.3, -0.25) is 4.79 Å². The molecule has 1 aromatic carbocycles. The minimum atomic E-state index is -0.113. The average molecular weight is 345 g/mol. The fourth-order valence-corrected chi connectivity index (χ4v) is 2.32. The van der Waals surface area contributed by atoms with E-state index in [9.17, 15) is 4.79 Å². The molecule has 0 aliphatic heterocycles. The summed E-state index contributed by atoms with van der Waals surface area (Å²) in [5.74, 6) is 1.71. The van der Waals surface area contributed by atoms with E-state index in [1.807, 2.05) is 10.8 Å². The number of nitrogens with one attached hydrogen (secondary N) is 1. The molecule has 6 nitrogen and oxygen atoms in total. The number of ether oxygens (including phenoxy) is 2. The maximum Gasteiger partial charge on any atom is 0.251 e. The van der Waals surface area contributed by atoms with Crippen molar-refractivity contribution in [1.29, 1.82) is 0 Å². The number of carbonyl (C=O) groups is 1. The molecule has 2 rings (SSSR count). The zero-order valence-corrected chi connectivity index (χ0v) is 15.2. The lowest BCUT2D eigenvalue weighted by Crippen LogP contribution is -2.25. The minimum absolute atomic E-state index is 0.113. The predicted octanol–water partition coefficient (Wildman–Crippen LogP) is 3.14. The molecule has 0 spiro atoms. The van der Waals surface area contributed by atoms with Crippen molar-refractivity contribution in [2.45, 2.75) is 33.2 Å². The maximum absolute atomic E-state index is 12.3. The van der Waals surface area contributed by atoms with Gasteiger partial charge in [0.25, 0.3) is 5.91 Å². The normalized spacial score (nSPS) is 10.7. The van der Waals surface area contributed by atoms with Crippen LogP contribution in [0, 0.1) is 5.92 Å². The molecule has 0 unspecified atom stereocenters. The number of nitrogens with zero attached hydrogens (tertiary/aromatic N) is 2. The summed E-state index contributed by atoms with van der Waals surface area (Å²) in [5, 5.41) is 2.92. The Morgan fingerprint density at radius 1 is 1.32 bits per heavy atom. The standard InChI is InChI=1S/C19H27N3O3/c1-15(2)7-12-25-17-6-5-16(13-18(17)24-3)19(23)21-8-4-10-22-11-9-20-14-22/h5-6,9,11,13-15H,4,7-8,10,12H2,1-3H3,(H,21,23). The molecular formula is C19H27N3O3. The number of aromatic nitrogens is 2. The lowest BCUT2D eigenvalue weighted by molar-refractivity contribution is 0.0952. The highest BCUT2D eigenvalue weighted by atomic mass is 16.5. The Kier molecular flexibility index (Phi) is 7.32. The zero-order chi connectivity index (χ0) is 18.1. The number of benzene rings is 1. The van der Waals surface area contributed by atoms with Crippen LogP contribution in [0.2, 0.25) is 0 Å². The summed E-state index contributed by atoms with van der Waals surface area (Å²) in [7, 11) is 1.58. The third-order valence-electron chi connectivity index (χ3n) is 3.82. The molecule has 0 saturated carbocycles. The number of rotatable bonds is 10. The number of amides is 1. The van der Waals surface area contributed by atoms with Crippen LogP contribution in [-0.2, 0) is 6.54 Å². The SMILES string of the molecule is COc1cc(C(=O)NCCCn2ccnc2)ccc1OCCC(C)C. The molecule has 0 aliphatic carbocycles. The lowest BCUT2D eigenvalue weighted by Gasteiger charge is -2.13. The first-order chi connectivity index (χ1) is 12.1. The van der Waals surface area contributed by atoms with E-state index in [1.165, 1.54) is 0 Å². The summed E-state index contributed by atoms with van der Waals surface area (Å²) >= 11 is 0. The van der Waals surface area contributed by atoms with Crippen LogP contribution in [0.25, 0.3) is 0 Å². The number of imidazole rings is 1. The molecule has 1 N–H and O–H groups in total. The van der Waals surface area contributed by atoms with Crippen LogP contribution in [0.4, 0.5) is 0 Å². The van der Waals surface area contributed by atoms with Crippen LogP contribution < -0.4 is 14.8 Å². The number of hydrogen-bond acceptors (Lipinski definition) is 4. The Balaban J connectivity index is 1.84. The summed E-state index contributed by atoms with van der Waals surface area (Å²) in [4.78, 5) is 16.3. The van der Waals surface area contributed by atoms with E-state index in [1.54, 1.807) is 37.8 Å². The topological polar surface area (TPSA) is 65.4 Å². The smallest absolute Gasteiger partial charge is 0.251 e. The molecule has 25 heavy (non-hydrogen) atoms. The molecule has 0 fully saturated rings. The third-order valence-corrected chi connectivity index (χ3v) is 3.82. The minimum Gasteiger partial charge on any atom is -0.493 e. The predicted molar refractivity (Wildman–Crippen MR) is 97.1 cm³/mol. The molecule has 0 radical (unpaired) electrons. The molecule has 0 aliphatic rings. The Labute approximate surface area is 149 Å². The summed E-state index contributed by atoms with van der Waals surface area (Å²) in [6.07, 6.45) is 7.24. The van der Waals surface area contributed by atoms with Gasteiger partial charge in [-0.05, 0) is 37.0 Å². The van der Waals surface area contributed by atoms with Crippen molar-refractivity contribution in [2.75, 3.05) is 20.3 Å². The van der Waals surface area contributed by atoms with E-state index in [0.29, 0.717) is 36.1 Å². The van der Waals surface area contributed by atoms with Gasteiger partial charge < -0.3 is 19.4 Å². The van der Waals surface area contributed by atoms with Crippen LogP contribution >= 0.6 is 0 Å². The Morgan fingerprint density at radius 2 is 2.16 bits per heavy atom. The van der Waals surface area contributed by atoms with Crippen molar-refractivity contribution >= 4 is 5.91 Å². The van der Waals surface area contributed by atoms with E-state index in [2.05, 4.69) is 24.1 Å². The van der Waals surface area contributed by atoms with E-state index < -0.39 is 0 Å². The van der Waals surface area contributed by atoms with Gasteiger partial charge in [-0.2, -0.15) is 0 Å². The molecule has 0 saturated heterocycles. The quantitative estimate of drug-likeness (QED) is 0.672. The Hall–Kier alpha value is -2.50. The highest BCUT2D eigenvalue weighted by molar-refractivity contribution is 5.94. The first-order valence-corrected chi connectivity index (χ1v) is 8.65. The monoisotopic (exact) mass is 345 g/mol. The van der Waals surface area contributed by atoms with Crippen LogP contribution in [0.5, 0.6) is 11.5 Å². The van der Waals surface area contributed by atoms with Gasteiger partial charge in [0.15, 0.2) is 11.5 Å². The van der Waals surface area contributed by atoms with Crippen molar-refractivity contribution in [1.82, 2.24) is 14.9 Å². The van der Waals surface area contributed by atoms with Crippen molar-refractivity contribution < 1.29 is 14.3 Å². The Bertz CT molecular complexity index is 654. The second-order valence-corrected chi connectivity index (χ2v) is 6.31. The van der Waals surface area contributed by atoms with Gasteiger partial charge in [0.1, 0.15) is 0 Å².